The van der Waals surface area contributed by atoms with Gasteiger partial charge in [-0.15, -0.1) is 0 Å². The highest BCUT2D eigenvalue weighted by molar-refractivity contribution is 6.30. The Kier molecular flexibility index (Phi) is 5.49. The molecule has 3 aromatic rings. The van der Waals surface area contributed by atoms with Crippen molar-refractivity contribution in [2.45, 2.75) is 32.8 Å². The van der Waals surface area contributed by atoms with Crippen molar-refractivity contribution in [2.75, 3.05) is 6.54 Å². The number of hydrogen-bond donors (Lipinski definition) is 1. The molecule has 148 valence electrons. The smallest absolute Gasteiger partial charge is 0.224 e. The molecule has 1 unspecified atom stereocenters. The zero-order chi connectivity index (χ0) is 20.4. The summed E-state index contributed by atoms with van der Waals surface area (Å²) in [5.41, 5.74) is 5.54. The molecule has 1 aliphatic heterocycles. The van der Waals surface area contributed by atoms with Crippen LogP contribution in [0, 0.1) is 13.8 Å². The third-order valence-electron chi connectivity index (χ3n) is 4.94. The van der Waals surface area contributed by atoms with E-state index in [1.165, 1.54) is 0 Å². The van der Waals surface area contributed by atoms with Gasteiger partial charge in [-0.2, -0.15) is 0 Å². The zero-order valence-corrected chi connectivity index (χ0v) is 17.2. The monoisotopic (exact) mass is 407 g/mol. The van der Waals surface area contributed by atoms with Crippen LogP contribution < -0.4 is 10.1 Å². The summed E-state index contributed by atoms with van der Waals surface area (Å²) in [6.07, 6.45) is 2.70. The standard InChI is InChI=1S/C23H22ClN3O2/c1-14-12-25-15(2)22(27-14)20-8-4-6-17-11-19(29-23(17)20)13-26-21(28)10-16-5-3-7-18(24)9-16/h3-9,12,19H,10-11,13H2,1-2H3,(H,26,28). The number of aryl methyl sites for hydroxylation is 2. The van der Waals surface area contributed by atoms with E-state index in [0.29, 0.717) is 18.0 Å². The lowest BCUT2D eigenvalue weighted by Gasteiger charge is -2.14. The molecule has 2 heterocycles. The number of aromatic nitrogens is 2. The van der Waals surface area contributed by atoms with Gasteiger partial charge in [0.15, 0.2) is 0 Å². The molecule has 1 aliphatic rings. The van der Waals surface area contributed by atoms with Gasteiger partial charge in [-0.05, 0) is 43.2 Å². The molecule has 6 heteroatoms. The van der Waals surface area contributed by atoms with E-state index in [-0.39, 0.29) is 12.0 Å². The van der Waals surface area contributed by atoms with Crippen LogP contribution in [-0.4, -0.2) is 28.5 Å². The van der Waals surface area contributed by atoms with E-state index in [1.807, 2.05) is 38.1 Å². The summed E-state index contributed by atoms with van der Waals surface area (Å²) in [6, 6.07) is 13.4. The van der Waals surface area contributed by atoms with E-state index in [0.717, 1.165) is 45.9 Å². The van der Waals surface area contributed by atoms with Crippen LogP contribution in [0.4, 0.5) is 0 Å². The fourth-order valence-corrected chi connectivity index (χ4v) is 3.77. The highest BCUT2D eigenvalue weighted by atomic mass is 35.5. The number of benzene rings is 2. The number of nitrogens with zero attached hydrogens (tertiary/aromatic N) is 2. The molecule has 1 N–H and O–H groups in total. The first-order chi connectivity index (χ1) is 14.0. The summed E-state index contributed by atoms with van der Waals surface area (Å²) in [5.74, 6) is 0.789. The maximum Gasteiger partial charge on any atom is 0.224 e. The second kappa shape index (κ2) is 8.21. The predicted molar refractivity (Wildman–Crippen MR) is 113 cm³/mol. The highest BCUT2D eigenvalue weighted by Gasteiger charge is 2.27. The number of para-hydroxylation sites is 1. The normalized spacial score (nSPS) is 14.9. The molecule has 5 nitrogen and oxygen atoms in total. The average molecular weight is 408 g/mol. The van der Waals surface area contributed by atoms with Crippen molar-refractivity contribution in [1.29, 1.82) is 0 Å². The van der Waals surface area contributed by atoms with Crippen molar-refractivity contribution in [1.82, 2.24) is 15.3 Å². The van der Waals surface area contributed by atoms with Crippen molar-refractivity contribution in [2.24, 2.45) is 0 Å². The van der Waals surface area contributed by atoms with Crippen LogP contribution in [0.3, 0.4) is 0 Å². The van der Waals surface area contributed by atoms with Crippen LogP contribution >= 0.6 is 11.6 Å². The van der Waals surface area contributed by atoms with Crippen LogP contribution in [0.1, 0.15) is 22.5 Å². The van der Waals surface area contributed by atoms with E-state index >= 15 is 0 Å². The van der Waals surface area contributed by atoms with Gasteiger partial charge in [-0.3, -0.25) is 9.78 Å². The number of halogens is 1. The molecule has 0 spiro atoms. The highest BCUT2D eigenvalue weighted by Crippen LogP contribution is 2.38. The molecule has 0 bridgehead atoms. The zero-order valence-electron chi connectivity index (χ0n) is 16.4. The molecule has 0 saturated carbocycles. The van der Waals surface area contributed by atoms with E-state index < -0.39 is 0 Å². The van der Waals surface area contributed by atoms with E-state index in [2.05, 4.69) is 21.4 Å². The van der Waals surface area contributed by atoms with E-state index in [4.69, 9.17) is 16.3 Å². The first-order valence-electron chi connectivity index (χ1n) is 9.60. The Morgan fingerprint density at radius 3 is 2.90 bits per heavy atom. The fraction of sp³-hybridized carbons (Fsp3) is 0.261. The fourth-order valence-electron chi connectivity index (χ4n) is 3.55. The van der Waals surface area contributed by atoms with Crippen molar-refractivity contribution >= 4 is 17.5 Å². The van der Waals surface area contributed by atoms with Gasteiger partial charge in [0.05, 0.1) is 30.0 Å². The van der Waals surface area contributed by atoms with Crippen molar-refractivity contribution < 1.29 is 9.53 Å². The topological polar surface area (TPSA) is 64.1 Å². The summed E-state index contributed by atoms with van der Waals surface area (Å²) < 4.78 is 6.20. The number of rotatable bonds is 5. The average Bonchev–Trinajstić information content (AvgIpc) is 3.11. The van der Waals surface area contributed by atoms with Crippen LogP contribution in [-0.2, 0) is 17.6 Å². The Balaban J connectivity index is 1.43. The lowest BCUT2D eigenvalue weighted by molar-refractivity contribution is -0.120. The third kappa shape index (κ3) is 4.40. The summed E-state index contributed by atoms with van der Waals surface area (Å²) >= 11 is 5.99. The van der Waals surface area contributed by atoms with Crippen molar-refractivity contribution in [3.05, 3.63) is 76.2 Å². The maximum absolute atomic E-state index is 12.3. The third-order valence-corrected chi connectivity index (χ3v) is 5.18. The SMILES string of the molecule is Cc1cnc(C)c(-c2cccc3c2OC(CNC(=O)Cc2cccc(Cl)c2)C3)n1. The molecule has 4 rings (SSSR count). The summed E-state index contributed by atoms with van der Waals surface area (Å²) in [5, 5.41) is 3.60. The Hall–Kier alpha value is -2.92. The molecule has 0 saturated heterocycles. The lowest BCUT2D eigenvalue weighted by atomic mass is 10.0. The number of ether oxygens (including phenoxy) is 1. The van der Waals surface area contributed by atoms with Gasteiger partial charge in [0.2, 0.25) is 5.91 Å². The molecular formula is C23H22ClN3O2. The van der Waals surface area contributed by atoms with Crippen LogP contribution in [0.5, 0.6) is 5.75 Å². The van der Waals surface area contributed by atoms with Gasteiger partial charge in [0, 0.05) is 23.2 Å². The lowest BCUT2D eigenvalue weighted by Crippen LogP contribution is -2.35. The van der Waals surface area contributed by atoms with E-state index in [9.17, 15) is 4.79 Å². The van der Waals surface area contributed by atoms with Gasteiger partial charge in [0.25, 0.3) is 0 Å². The number of fused-ring (bicyclic) bond motifs is 1. The number of amides is 1. The first-order valence-corrected chi connectivity index (χ1v) is 9.97. The molecule has 0 aliphatic carbocycles. The number of nitrogens with one attached hydrogen (secondary N) is 1. The van der Waals surface area contributed by atoms with Gasteiger partial charge in [-0.25, -0.2) is 4.98 Å². The summed E-state index contributed by atoms with van der Waals surface area (Å²) in [7, 11) is 0. The number of carbonyl (C=O) groups is 1. The van der Waals surface area contributed by atoms with Gasteiger partial charge >= 0.3 is 0 Å². The van der Waals surface area contributed by atoms with Crippen LogP contribution in [0.2, 0.25) is 5.02 Å². The quantitative estimate of drug-likeness (QED) is 0.692. The van der Waals surface area contributed by atoms with Gasteiger partial charge in [0.1, 0.15) is 11.9 Å². The summed E-state index contributed by atoms with van der Waals surface area (Å²) in [6.45, 7) is 4.33. The molecule has 1 aromatic heterocycles. The Bertz CT molecular complexity index is 1070. The Labute approximate surface area is 175 Å². The molecule has 1 atom stereocenters. The predicted octanol–water partition coefficient (Wildman–Crippen LogP) is 4.08. The maximum atomic E-state index is 12.3. The molecule has 0 fully saturated rings. The molecule has 0 radical (unpaired) electrons. The Morgan fingerprint density at radius 2 is 2.07 bits per heavy atom. The summed E-state index contributed by atoms with van der Waals surface area (Å²) in [4.78, 5) is 21.4. The van der Waals surface area contributed by atoms with E-state index in [1.54, 1.807) is 18.3 Å². The second-order valence-electron chi connectivity index (χ2n) is 7.29. The second-order valence-corrected chi connectivity index (χ2v) is 7.73. The minimum absolute atomic E-state index is 0.0487. The van der Waals surface area contributed by atoms with Crippen molar-refractivity contribution in [3.63, 3.8) is 0 Å². The molecular weight excluding hydrogens is 386 g/mol. The van der Waals surface area contributed by atoms with Gasteiger partial charge < -0.3 is 10.1 Å². The molecule has 2 aromatic carbocycles. The van der Waals surface area contributed by atoms with Gasteiger partial charge in [-0.1, -0.05) is 35.9 Å². The van der Waals surface area contributed by atoms with Crippen LogP contribution in [0.25, 0.3) is 11.3 Å². The number of hydrogen-bond acceptors (Lipinski definition) is 4. The first kappa shape index (κ1) is 19.4. The van der Waals surface area contributed by atoms with Crippen molar-refractivity contribution in [3.8, 4) is 17.0 Å². The molecule has 1 amide bonds. The minimum atomic E-state index is -0.104. The van der Waals surface area contributed by atoms with Crippen LogP contribution in [0.15, 0.2) is 48.7 Å². The Morgan fingerprint density at radius 1 is 1.24 bits per heavy atom. The molecule has 29 heavy (non-hydrogen) atoms. The largest absolute Gasteiger partial charge is 0.487 e. The minimum Gasteiger partial charge on any atom is -0.487 e. The number of carbonyl (C=O) groups excluding carboxylic acids is 1.